The van der Waals surface area contributed by atoms with Crippen LogP contribution in [0.3, 0.4) is 0 Å². The van der Waals surface area contributed by atoms with Crippen molar-refractivity contribution >= 4 is 55.0 Å². The van der Waals surface area contributed by atoms with Crippen LogP contribution in [0.25, 0.3) is 0 Å². The summed E-state index contributed by atoms with van der Waals surface area (Å²) in [7, 11) is 1.75. The summed E-state index contributed by atoms with van der Waals surface area (Å²) in [5.41, 5.74) is 2.72. The van der Waals surface area contributed by atoms with Crippen molar-refractivity contribution in [3.63, 3.8) is 0 Å². The summed E-state index contributed by atoms with van der Waals surface area (Å²) in [6, 6.07) is 13.4. The Kier molecular flexibility index (Phi) is 5.29. The molecule has 1 unspecified atom stereocenters. The number of nitrogens with zero attached hydrogens (tertiary/aromatic N) is 2. The number of benzene rings is 2. The Hall–Kier alpha value is -1.66. The minimum Gasteiger partial charge on any atom is -0.315 e. The molecule has 130 valence electrons. The number of hydrogen-bond donors (Lipinski definition) is 0. The largest absolute Gasteiger partial charge is 0.315 e. The molecule has 0 spiro atoms. The zero-order chi connectivity index (χ0) is 18.1. The molecular formula is C19H18Br2N2O2. The molecule has 1 aliphatic heterocycles. The van der Waals surface area contributed by atoms with Crippen molar-refractivity contribution in [2.75, 3.05) is 23.4 Å². The normalized spacial score (nSPS) is 17.0. The van der Waals surface area contributed by atoms with Crippen LogP contribution in [0.5, 0.6) is 0 Å². The molecule has 0 aliphatic carbocycles. The first kappa shape index (κ1) is 18.1. The third kappa shape index (κ3) is 3.80. The van der Waals surface area contributed by atoms with Crippen LogP contribution >= 0.6 is 31.9 Å². The molecule has 1 atom stereocenters. The van der Waals surface area contributed by atoms with Gasteiger partial charge in [-0.15, -0.1) is 0 Å². The third-order valence-corrected chi connectivity index (χ3v) is 5.89. The molecule has 25 heavy (non-hydrogen) atoms. The summed E-state index contributed by atoms with van der Waals surface area (Å²) < 4.78 is 1.97. The number of carbonyl (C=O) groups is 2. The van der Waals surface area contributed by atoms with Gasteiger partial charge in [0.25, 0.3) is 0 Å². The van der Waals surface area contributed by atoms with Crippen molar-refractivity contribution in [3.8, 4) is 0 Å². The zero-order valence-electron chi connectivity index (χ0n) is 14.0. The standard InChI is InChI=1S/C19H18Br2N2O2/c1-12-9-16(7-8-17(12)21)23-11-13(10-18(23)24)19(25)22(2)15-5-3-14(20)4-6-15/h3-9,13H,10-11H2,1-2H3. The molecule has 4 nitrogen and oxygen atoms in total. The number of hydrogen-bond acceptors (Lipinski definition) is 2. The van der Waals surface area contributed by atoms with Gasteiger partial charge in [0.05, 0.1) is 5.92 Å². The van der Waals surface area contributed by atoms with Crippen molar-refractivity contribution in [3.05, 3.63) is 57.0 Å². The van der Waals surface area contributed by atoms with E-state index in [1.54, 1.807) is 16.8 Å². The molecule has 3 rings (SSSR count). The van der Waals surface area contributed by atoms with Crippen LogP contribution in [0, 0.1) is 12.8 Å². The minimum absolute atomic E-state index is 0.00993. The molecule has 0 bridgehead atoms. The van der Waals surface area contributed by atoms with E-state index in [2.05, 4.69) is 31.9 Å². The first-order valence-corrected chi connectivity index (χ1v) is 9.55. The van der Waals surface area contributed by atoms with Gasteiger partial charge in [0.2, 0.25) is 11.8 Å². The molecule has 0 radical (unpaired) electrons. The SMILES string of the molecule is Cc1cc(N2CC(C(=O)N(C)c3ccc(Br)cc3)CC2=O)ccc1Br. The van der Waals surface area contributed by atoms with Crippen molar-refractivity contribution in [2.45, 2.75) is 13.3 Å². The number of halogens is 2. The van der Waals surface area contributed by atoms with Gasteiger partial charge in [-0.25, -0.2) is 0 Å². The molecule has 1 aliphatic rings. The van der Waals surface area contributed by atoms with Crippen LogP contribution in [-0.2, 0) is 9.59 Å². The molecule has 1 fully saturated rings. The summed E-state index contributed by atoms with van der Waals surface area (Å²) in [6.07, 6.45) is 0.245. The molecule has 1 heterocycles. The highest BCUT2D eigenvalue weighted by molar-refractivity contribution is 9.10. The van der Waals surface area contributed by atoms with Gasteiger partial charge < -0.3 is 9.80 Å². The van der Waals surface area contributed by atoms with E-state index < -0.39 is 0 Å². The Morgan fingerprint density at radius 1 is 1.16 bits per heavy atom. The summed E-state index contributed by atoms with van der Waals surface area (Å²) in [4.78, 5) is 28.6. The Balaban J connectivity index is 1.76. The zero-order valence-corrected chi connectivity index (χ0v) is 17.2. The van der Waals surface area contributed by atoms with E-state index in [4.69, 9.17) is 0 Å². The smallest absolute Gasteiger partial charge is 0.232 e. The summed E-state index contributed by atoms with van der Waals surface area (Å²) >= 11 is 6.86. The molecule has 0 saturated carbocycles. The highest BCUT2D eigenvalue weighted by Gasteiger charge is 2.36. The van der Waals surface area contributed by atoms with E-state index in [9.17, 15) is 9.59 Å². The Morgan fingerprint density at radius 2 is 1.84 bits per heavy atom. The van der Waals surface area contributed by atoms with Gasteiger partial charge >= 0.3 is 0 Å². The molecule has 0 aromatic heterocycles. The van der Waals surface area contributed by atoms with Gasteiger partial charge in [-0.1, -0.05) is 31.9 Å². The fourth-order valence-electron chi connectivity index (χ4n) is 2.99. The van der Waals surface area contributed by atoms with Gasteiger partial charge in [0.15, 0.2) is 0 Å². The van der Waals surface area contributed by atoms with Crippen LogP contribution in [0.2, 0.25) is 0 Å². The summed E-state index contributed by atoms with van der Waals surface area (Å²) in [5, 5.41) is 0. The van der Waals surface area contributed by atoms with Crippen LogP contribution in [-0.4, -0.2) is 25.4 Å². The number of rotatable bonds is 3. The van der Waals surface area contributed by atoms with E-state index >= 15 is 0 Å². The van der Waals surface area contributed by atoms with Crippen molar-refractivity contribution in [1.29, 1.82) is 0 Å². The lowest BCUT2D eigenvalue weighted by Crippen LogP contribution is -2.34. The first-order chi connectivity index (χ1) is 11.9. The fourth-order valence-corrected chi connectivity index (χ4v) is 3.50. The van der Waals surface area contributed by atoms with Gasteiger partial charge in [-0.3, -0.25) is 9.59 Å². The maximum atomic E-state index is 12.8. The summed E-state index contributed by atoms with van der Waals surface area (Å²) in [6.45, 7) is 2.40. The van der Waals surface area contributed by atoms with Crippen molar-refractivity contribution < 1.29 is 9.59 Å². The first-order valence-electron chi connectivity index (χ1n) is 7.96. The van der Waals surface area contributed by atoms with E-state index in [0.717, 1.165) is 25.9 Å². The third-order valence-electron chi connectivity index (χ3n) is 4.47. The molecular weight excluding hydrogens is 448 g/mol. The predicted molar refractivity (Wildman–Crippen MR) is 107 cm³/mol. The topological polar surface area (TPSA) is 40.6 Å². The maximum Gasteiger partial charge on any atom is 0.232 e. The monoisotopic (exact) mass is 464 g/mol. The second kappa shape index (κ2) is 7.30. The number of anilines is 2. The molecule has 6 heteroatoms. The van der Waals surface area contributed by atoms with Gasteiger partial charge in [-0.05, 0) is 55.0 Å². The average molecular weight is 466 g/mol. The Morgan fingerprint density at radius 3 is 2.48 bits per heavy atom. The maximum absolute atomic E-state index is 12.8. The van der Waals surface area contributed by atoms with Crippen LogP contribution in [0.4, 0.5) is 11.4 Å². The highest BCUT2D eigenvalue weighted by Crippen LogP contribution is 2.30. The molecule has 2 aromatic rings. The van der Waals surface area contributed by atoms with Crippen LogP contribution in [0.15, 0.2) is 51.4 Å². The van der Waals surface area contributed by atoms with Crippen molar-refractivity contribution in [2.24, 2.45) is 5.92 Å². The summed E-state index contributed by atoms with van der Waals surface area (Å²) in [5.74, 6) is -0.374. The van der Waals surface area contributed by atoms with E-state index in [-0.39, 0.29) is 24.2 Å². The quantitative estimate of drug-likeness (QED) is 0.667. The van der Waals surface area contributed by atoms with Crippen LogP contribution in [0.1, 0.15) is 12.0 Å². The second-order valence-electron chi connectivity index (χ2n) is 6.21. The molecule has 0 N–H and O–H groups in total. The molecule has 2 aromatic carbocycles. The average Bonchev–Trinajstić information content (AvgIpc) is 2.98. The van der Waals surface area contributed by atoms with E-state index in [1.165, 1.54) is 0 Å². The molecule has 1 saturated heterocycles. The van der Waals surface area contributed by atoms with Crippen molar-refractivity contribution in [1.82, 2.24) is 0 Å². The number of carbonyl (C=O) groups excluding carboxylic acids is 2. The van der Waals surface area contributed by atoms with Gasteiger partial charge in [0, 0.05) is 40.3 Å². The number of aryl methyl sites for hydroxylation is 1. The van der Waals surface area contributed by atoms with E-state index in [0.29, 0.717) is 6.54 Å². The minimum atomic E-state index is -0.329. The Bertz CT molecular complexity index is 821. The van der Waals surface area contributed by atoms with Crippen LogP contribution < -0.4 is 9.80 Å². The highest BCUT2D eigenvalue weighted by atomic mass is 79.9. The van der Waals surface area contributed by atoms with E-state index in [1.807, 2.05) is 49.4 Å². The molecule has 2 amide bonds. The lowest BCUT2D eigenvalue weighted by molar-refractivity contribution is -0.124. The lowest BCUT2D eigenvalue weighted by Gasteiger charge is -2.22. The van der Waals surface area contributed by atoms with Gasteiger partial charge in [-0.2, -0.15) is 0 Å². The predicted octanol–water partition coefficient (Wildman–Crippen LogP) is 4.54. The Labute approximate surface area is 164 Å². The number of amides is 2. The van der Waals surface area contributed by atoms with Gasteiger partial charge in [0.1, 0.15) is 0 Å². The fraction of sp³-hybridized carbons (Fsp3) is 0.263. The lowest BCUT2D eigenvalue weighted by atomic mass is 10.1. The second-order valence-corrected chi connectivity index (χ2v) is 7.98.